The molecule has 1 N–H and O–H groups in total. The molecular formula is C18H17N5. The minimum absolute atomic E-state index is 0.592. The summed E-state index contributed by atoms with van der Waals surface area (Å²) >= 11 is 0. The number of nitrogens with one attached hydrogen (secondary N) is 1. The second-order valence-corrected chi connectivity index (χ2v) is 5.55. The van der Waals surface area contributed by atoms with Gasteiger partial charge in [0.25, 0.3) is 0 Å². The second kappa shape index (κ2) is 6.04. The van der Waals surface area contributed by atoms with Crippen LogP contribution in [0.1, 0.15) is 11.1 Å². The molecule has 1 aromatic carbocycles. The van der Waals surface area contributed by atoms with Crippen LogP contribution < -0.4 is 10.2 Å². The SMILES string of the molecule is c1cncc(Nc2nccc(N3CCc4ccccc4C3)n2)c1. The van der Waals surface area contributed by atoms with E-state index in [1.165, 1.54) is 11.1 Å². The van der Waals surface area contributed by atoms with E-state index >= 15 is 0 Å². The number of benzene rings is 1. The number of fused-ring (bicyclic) bond motifs is 1. The molecule has 2 aromatic heterocycles. The van der Waals surface area contributed by atoms with Crippen molar-refractivity contribution in [3.63, 3.8) is 0 Å². The molecule has 1 aliphatic rings. The zero-order valence-electron chi connectivity index (χ0n) is 12.7. The topological polar surface area (TPSA) is 53.9 Å². The molecule has 5 heteroatoms. The average molecular weight is 303 g/mol. The molecule has 4 rings (SSSR count). The molecule has 0 atom stereocenters. The minimum atomic E-state index is 0.592. The predicted octanol–water partition coefficient (Wildman–Crippen LogP) is 3.18. The Morgan fingerprint density at radius 3 is 2.74 bits per heavy atom. The third kappa shape index (κ3) is 2.99. The summed E-state index contributed by atoms with van der Waals surface area (Å²) in [5, 5.41) is 3.19. The van der Waals surface area contributed by atoms with E-state index in [1.54, 1.807) is 18.6 Å². The van der Waals surface area contributed by atoms with Gasteiger partial charge in [0.1, 0.15) is 5.82 Å². The van der Waals surface area contributed by atoms with Crippen LogP contribution >= 0.6 is 0 Å². The van der Waals surface area contributed by atoms with Crippen molar-refractivity contribution in [3.05, 3.63) is 72.2 Å². The van der Waals surface area contributed by atoms with E-state index < -0.39 is 0 Å². The molecule has 3 aromatic rings. The van der Waals surface area contributed by atoms with Crippen molar-refractivity contribution in [3.8, 4) is 0 Å². The van der Waals surface area contributed by atoms with Crippen molar-refractivity contribution >= 4 is 17.5 Å². The highest BCUT2D eigenvalue weighted by Gasteiger charge is 2.17. The van der Waals surface area contributed by atoms with Crippen molar-refractivity contribution in [1.82, 2.24) is 15.0 Å². The molecule has 23 heavy (non-hydrogen) atoms. The molecule has 0 radical (unpaired) electrons. The van der Waals surface area contributed by atoms with Crippen molar-refractivity contribution in [1.29, 1.82) is 0 Å². The van der Waals surface area contributed by atoms with E-state index in [1.807, 2.05) is 18.2 Å². The Morgan fingerprint density at radius 2 is 1.87 bits per heavy atom. The third-order valence-electron chi connectivity index (χ3n) is 4.01. The van der Waals surface area contributed by atoms with Gasteiger partial charge in [-0.1, -0.05) is 24.3 Å². The Kier molecular flexibility index (Phi) is 3.60. The smallest absolute Gasteiger partial charge is 0.229 e. The maximum atomic E-state index is 4.64. The molecule has 0 amide bonds. The van der Waals surface area contributed by atoms with Crippen LogP contribution in [-0.4, -0.2) is 21.5 Å². The van der Waals surface area contributed by atoms with E-state index in [0.717, 1.165) is 31.0 Å². The summed E-state index contributed by atoms with van der Waals surface area (Å²) in [4.78, 5) is 15.3. The highest BCUT2D eigenvalue weighted by molar-refractivity contribution is 5.54. The largest absolute Gasteiger partial charge is 0.352 e. The molecule has 0 unspecified atom stereocenters. The number of hydrogen-bond acceptors (Lipinski definition) is 5. The lowest BCUT2D eigenvalue weighted by Crippen LogP contribution is -2.31. The first-order valence-electron chi connectivity index (χ1n) is 7.70. The Balaban J connectivity index is 1.55. The molecule has 3 heterocycles. The standard InChI is InChI=1S/C18H17N5/c1-2-5-15-13-23(11-8-14(15)4-1)17-7-10-20-18(22-17)21-16-6-3-9-19-12-16/h1-7,9-10,12H,8,11,13H2,(H,20,21,22). The zero-order chi connectivity index (χ0) is 15.5. The number of nitrogens with zero attached hydrogens (tertiary/aromatic N) is 4. The molecule has 114 valence electrons. The van der Waals surface area contributed by atoms with Gasteiger partial charge in [0.2, 0.25) is 5.95 Å². The van der Waals surface area contributed by atoms with Crippen LogP contribution in [0.5, 0.6) is 0 Å². The summed E-state index contributed by atoms with van der Waals surface area (Å²) < 4.78 is 0. The molecule has 0 spiro atoms. The molecule has 1 aliphatic heterocycles. The summed E-state index contributed by atoms with van der Waals surface area (Å²) in [6, 6.07) is 14.4. The minimum Gasteiger partial charge on any atom is -0.352 e. The maximum absolute atomic E-state index is 4.64. The summed E-state index contributed by atoms with van der Waals surface area (Å²) in [5.41, 5.74) is 3.69. The van der Waals surface area contributed by atoms with E-state index in [9.17, 15) is 0 Å². The Labute approximate surface area is 135 Å². The second-order valence-electron chi connectivity index (χ2n) is 5.55. The van der Waals surface area contributed by atoms with Crippen LogP contribution in [0.3, 0.4) is 0 Å². The lowest BCUT2D eigenvalue weighted by atomic mass is 10.00. The van der Waals surface area contributed by atoms with Gasteiger partial charge in [-0.3, -0.25) is 4.98 Å². The van der Waals surface area contributed by atoms with Crippen LogP contribution in [0.2, 0.25) is 0 Å². The summed E-state index contributed by atoms with van der Waals surface area (Å²) in [5.74, 6) is 1.54. The number of anilines is 3. The molecule has 0 fully saturated rings. The van der Waals surface area contributed by atoms with Gasteiger partial charge < -0.3 is 10.2 Å². The lowest BCUT2D eigenvalue weighted by molar-refractivity contribution is 0.720. The lowest BCUT2D eigenvalue weighted by Gasteiger charge is -2.29. The van der Waals surface area contributed by atoms with Crippen LogP contribution in [-0.2, 0) is 13.0 Å². The number of hydrogen-bond donors (Lipinski definition) is 1. The van der Waals surface area contributed by atoms with Crippen LogP contribution in [0.25, 0.3) is 0 Å². The van der Waals surface area contributed by atoms with Gasteiger partial charge in [-0.15, -0.1) is 0 Å². The van der Waals surface area contributed by atoms with Crippen molar-refractivity contribution in [2.75, 3.05) is 16.8 Å². The summed E-state index contributed by atoms with van der Waals surface area (Å²) in [6.07, 6.45) is 6.34. The fourth-order valence-electron chi connectivity index (χ4n) is 2.84. The van der Waals surface area contributed by atoms with Crippen LogP contribution in [0.4, 0.5) is 17.5 Å². The van der Waals surface area contributed by atoms with Gasteiger partial charge >= 0.3 is 0 Å². The number of rotatable bonds is 3. The highest BCUT2D eigenvalue weighted by Crippen LogP contribution is 2.23. The molecule has 0 saturated carbocycles. The molecule has 0 aliphatic carbocycles. The Bertz CT molecular complexity index is 803. The van der Waals surface area contributed by atoms with Crippen molar-refractivity contribution in [2.45, 2.75) is 13.0 Å². The Hall–Kier alpha value is -2.95. The molecular weight excluding hydrogens is 286 g/mol. The van der Waals surface area contributed by atoms with Crippen LogP contribution in [0.15, 0.2) is 61.1 Å². The van der Waals surface area contributed by atoms with Crippen molar-refractivity contribution in [2.24, 2.45) is 0 Å². The molecule has 0 saturated heterocycles. The first kappa shape index (κ1) is 13.7. The summed E-state index contributed by atoms with van der Waals surface area (Å²) in [6.45, 7) is 1.86. The summed E-state index contributed by atoms with van der Waals surface area (Å²) in [7, 11) is 0. The zero-order valence-corrected chi connectivity index (χ0v) is 12.7. The predicted molar refractivity (Wildman–Crippen MR) is 90.7 cm³/mol. The quantitative estimate of drug-likeness (QED) is 0.805. The van der Waals surface area contributed by atoms with Gasteiger partial charge in [0.05, 0.1) is 11.9 Å². The van der Waals surface area contributed by atoms with E-state index in [2.05, 4.69) is 49.4 Å². The van der Waals surface area contributed by atoms with E-state index in [-0.39, 0.29) is 0 Å². The fraction of sp³-hybridized carbons (Fsp3) is 0.167. The van der Waals surface area contributed by atoms with Gasteiger partial charge in [0.15, 0.2) is 0 Å². The highest BCUT2D eigenvalue weighted by atomic mass is 15.2. The van der Waals surface area contributed by atoms with E-state index in [4.69, 9.17) is 0 Å². The molecule has 0 bridgehead atoms. The van der Waals surface area contributed by atoms with Crippen molar-refractivity contribution < 1.29 is 0 Å². The molecule has 5 nitrogen and oxygen atoms in total. The number of aromatic nitrogens is 3. The van der Waals surface area contributed by atoms with E-state index in [0.29, 0.717) is 5.95 Å². The maximum Gasteiger partial charge on any atom is 0.229 e. The fourth-order valence-corrected chi connectivity index (χ4v) is 2.84. The number of pyridine rings is 1. The van der Waals surface area contributed by atoms with Gasteiger partial charge in [-0.2, -0.15) is 4.98 Å². The first-order valence-corrected chi connectivity index (χ1v) is 7.70. The average Bonchev–Trinajstić information content (AvgIpc) is 2.62. The first-order chi connectivity index (χ1) is 11.4. The van der Waals surface area contributed by atoms with Gasteiger partial charge in [-0.05, 0) is 35.7 Å². The Morgan fingerprint density at radius 1 is 0.957 bits per heavy atom. The third-order valence-corrected chi connectivity index (χ3v) is 4.01. The monoisotopic (exact) mass is 303 g/mol. The van der Waals surface area contributed by atoms with Gasteiger partial charge in [-0.25, -0.2) is 4.98 Å². The van der Waals surface area contributed by atoms with Crippen LogP contribution in [0, 0.1) is 0 Å². The normalized spacial score (nSPS) is 13.5. The van der Waals surface area contributed by atoms with Gasteiger partial charge in [0, 0.05) is 25.5 Å².